The van der Waals surface area contributed by atoms with E-state index >= 15 is 0 Å². The molecule has 0 unspecified atom stereocenters. The summed E-state index contributed by atoms with van der Waals surface area (Å²) >= 11 is 0. The maximum atomic E-state index is 11.7. The SMILES string of the molecule is Cc1cc(C)c(CNC2CC(NC(=O)OC(C)(C)C)C2)c(C)c1. The maximum absolute atomic E-state index is 11.7. The molecule has 128 valence electrons. The molecule has 4 nitrogen and oxygen atoms in total. The number of rotatable bonds is 4. The molecule has 0 heterocycles. The summed E-state index contributed by atoms with van der Waals surface area (Å²) in [6.45, 7) is 13.0. The Kier molecular flexibility index (Phi) is 5.35. The van der Waals surface area contributed by atoms with Gasteiger partial charge in [0.2, 0.25) is 0 Å². The molecule has 1 aliphatic carbocycles. The quantitative estimate of drug-likeness (QED) is 0.889. The molecule has 4 heteroatoms. The molecule has 2 rings (SSSR count). The second-order valence-corrected chi connectivity index (χ2v) is 7.77. The van der Waals surface area contributed by atoms with Crippen LogP contribution in [0.2, 0.25) is 0 Å². The van der Waals surface area contributed by atoms with Crippen LogP contribution in [-0.2, 0) is 11.3 Å². The summed E-state index contributed by atoms with van der Waals surface area (Å²) in [6, 6.07) is 5.16. The molecule has 1 aromatic carbocycles. The highest BCUT2D eigenvalue weighted by Gasteiger charge is 2.31. The van der Waals surface area contributed by atoms with Crippen LogP contribution in [0, 0.1) is 20.8 Å². The van der Waals surface area contributed by atoms with Crippen molar-refractivity contribution in [3.8, 4) is 0 Å². The minimum absolute atomic E-state index is 0.225. The Morgan fingerprint density at radius 1 is 1.13 bits per heavy atom. The van der Waals surface area contributed by atoms with Gasteiger partial charge < -0.3 is 15.4 Å². The number of carbonyl (C=O) groups is 1. The number of aryl methyl sites for hydroxylation is 3. The van der Waals surface area contributed by atoms with Gasteiger partial charge in [0.15, 0.2) is 0 Å². The third-order valence-corrected chi connectivity index (χ3v) is 4.27. The van der Waals surface area contributed by atoms with Crippen LogP contribution in [0.25, 0.3) is 0 Å². The zero-order valence-corrected chi connectivity index (χ0v) is 15.2. The first kappa shape index (κ1) is 17.8. The minimum Gasteiger partial charge on any atom is -0.444 e. The van der Waals surface area contributed by atoms with Gasteiger partial charge in [0.25, 0.3) is 0 Å². The van der Waals surface area contributed by atoms with Crippen molar-refractivity contribution in [2.75, 3.05) is 0 Å². The van der Waals surface area contributed by atoms with Crippen LogP contribution in [0.15, 0.2) is 12.1 Å². The molecule has 1 fully saturated rings. The molecule has 1 saturated carbocycles. The lowest BCUT2D eigenvalue weighted by Crippen LogP contribution is -2.53. The Bertz CT molecular complexity index is 546. The third kappa shape index (κ3) is 5.24. The Labute approximate surface area is 140 Å². The molecule has 23 heavy (non-hydrogen) atoms. The normalized spacial score (nSPS) is 20.8. The zero-order chi connectivity index (χ0) is 17.2. The summed E-state index contributed by atoms with van der Waals surface area (Å²) in [5.41, 5.74) is 4.95. The number of hydrogen-bond donors (Lipinski definition) is 2. The predicted octanol–water partition coefficient (Wildman–Crippen LogP) is 3.76. The van der Waals surface area contributed by atoms with Crippen molar-refractivity contribution in [3.63, 3.8) is 0 Å². The van der Waals surface area contributed by atoms with Crippen LogP contribution in [0.4, 0.5) is 4.79 Å². The number of hydrogen-bond acceptors (Lipinski definition) is 3. The van der Waals surface area contributed by atoms with E-state index in [4.69, 9.17) is 4.74 Å². The average molecular weight is 318 g/mol. The first-order chi connectivity index (χ1) is 10.6. The smallest absolute Gasteiger partial charge is 0.407 e. The van der Waals surface area contributed by atoms with Crippen molar-refractivity contribution < 1.29 is 9.53 Å². The fourth-order valence-corrected chi connectivity index (χ4v) is 3.11. The van der Waals surface area contributed by atoms with E-state index in [1.807, 2.05) is 20.8 Å². The zero-order valence-electron chi connectivity index (χ0n) is 15.2. The summed E-state index contributed by atoms with van der Waals surface area (Å²) in [7, 11) is 0. The summed E-state index contributed by atoms with van der Waals surface area (Å²) in [4.78, 5) is 11.7. The van der Waals surface area contributed by atoms with Gasteiger partial charge >= 0.3 is 6.09 Å². The van der Waals surface area contributed by atoms with E-state index in [1.54, 1.807) is 0 Å². The van der Waals surface area contributed by atoms with Gasteiger partial charge in [-0.15, -0.1) is 0 Å². The molecule has 1 aromatic rings. The summed E-state index contributed by atoms with van der Waals surface area (Å²) in [5, 5.41) is 6.53. The van der Waals surface area contributed by atoms with Crippen molar-refractivity contribution in [1.82, 2.24) is 10.6 Å². The molecule has 0 bridgehead atoms. The molecule has 0 spiro atoms. The van der Waals surface area contributed by atoms with Crippen molar-refractivity contribution in [1.29, 1.82) is 0 Å². The highest BCUT2D eigenvalue weighted by molar-refractivity contribution is 5.68. The number of ether oxygens (including phenoxy) is 1. The van der Waals surface area contributed by atoms with Gasteiger partial charge in [0, 0.05) is 18.6 Å². The van der Waals surface area contributed by atoms with Crippen molar-refractivity contribution in [2.45, 2.75) is 78.6 Å². The average Bonchev–Trinajstić information content (AvgIpc) is 2.31. The van der Waals surface area contributed by atoms with Gasteiger partial charge in [-0.25, -0.2) is 4.79 Å². The lowest BCUT2D eigenvalue weighted by atomic mass is 9.86. The lowest BCUT2D eigenvalue weighted by molar-refractivity contribution is 0.0465. The number of amides is 1. The van der Waals surface area contributed by atoms with Gasteiger partial charge in [-0.2, -0.15) is 0 Å². The molecule has 1 amide bonds. The number of benzene rings is 1. The van der Waals surface area contributed by atoms with Gasteiger partial charge in [-0.3, -0.25) is 0 Å². The summed E-state index contributed by atoms with van der Waals surface area (Å²) < 4.78 is 5.28. The Hall–Kier alpha value is -1.55. The standard InChI is InChI=1S/C19H30N2O2/c1-12-7-13(2)17(14(3)8-12)11-20-15-9-16(10-15)21-18(22)23-19(4,5)6/h7-8,15-16,20H,9-11H2,1-6H3,(H,21,22). The second-order valence-electron chi connectivity index (χ2n) is 7.77. The molecule has 0 radical (unpaired) electrons. The van der Waals surface area contributed by atoms with E-state index in [2.05, 4.69) is 43.5 Å². The third-order valence-electron chi connectivity index (χ3n) is 4.27. The number of carbonyl (C=O) groups excluding carboxylic acids is 1. The summed E-state index contributed by atoms with van der Waals surface area (Å²) in [6.07, 6.45) is 1.61. The molecule has 0 atom stereocenters. The molecule has 0 saturated heterocycles. The first-order valence-corrected chi connectivity index (χ1v) is 8.43. The fraction of sp³-hybridized carbons (Fsp3) is 0.632. The topological polar surface area (TPSA) is 50.4 Å². The van der Waals surface area contributed by atoms with Crippen molar-refractivity contribution in [3.05, 3.63) is 34.4 Å². The molecular weight excluding hydrogens is 288 g/mol. The summed E-state index contributed by atoms with van der Waals surface area (Å²) in [5.74, 6) is 0. The molecule has 2 N–H and O–H groups in total. The number of alkyl carbamates (subject to hydrolysis) is 1. The van der Waals surface area contributed by atoms with Gasteiger partial charge in [-0.05, 0) is 71.1 Å². The molecule has 0 aromatic heterocycles. The van der Waals surface area contributed by atoms with Crippen LogP contribution < -0.4 is 10.6 Å². The van der Waals surface area contributed by atoms with Crippen LogP contribution in [0.1, 0.15) is 55.9 Å². The first-order valence-electron chi connectivity index (χ1n) is 8.43. The molecular formula is C19H30N2O2. The van der Waals surface area contributed by atoms with Crippen molar-refractivity contribution >= 4 is 6.09 Å². The Morgan fingerprint density at radius 3 is 2.22 bits per heavy atom. The molecule has 1 aliphatic rings. The number of nitrogens with one attached hydrogen (secondary N) is 2. The fourth-order valence-electron chi connectivity index (χ4n) is 3.11. The van der Waals surface area contributed by atoms with E-state index < -0.39 is 5.60 Å². The van der Waals surface area contributed by atoms with E-state index in [0.29, 0.717) is 6.04 Å². The highest BCUT2D eigenvalue weighted by atomic mass is 16.6. The van der Waals surface area contributed by atoms with Crippen LogP contribution >= 0.6 is 0 Å². The minimum atomic E-state index is -0.439. The van der Waals surface area contributed by atoms with E-state index in [-0.39, 0.29) is 12.1 Å². The van der Waals surface area contributed by atoms with Crippen LogP contribution in [0.5, 0.6) is 0 Å². The Balaban J connectivity index is 1.74. The van der Waals surface area contributed by atoms with Gasteiger partial charge in [-0.1, -0.05) is 17.7 Å². The van der Waals surface area contributed by atoms with E-state index in [1.165, 1.54) is 22.3 Å². The van der Waals surface area contributed by atoms with Crippen molar-refractivity contribution in [2.24, 2.45) is 0 Å². The van der Waals surface area contributed by atoms with Crippen LogP contribution in [-0.4, -0.2) is 23.8 Å². The van der Waals surface area contributed by atoms with Gasteiger partial charge in [0.05, 0.1) is 0 Å². The molecule has 0 aliphatic heterocycles. The van der Waals surface area contributed by atoms with E-state index in [9.17, 15) is 4.79 Å². The second kappa shape index (κ2) is 6.91. The van der Waals surface area contributed by atoms with Gasteiger partial charge in [0.1, 0.15) is 5.60 Å². The monoisotopic (exact) mass is 318 g/mol. The van der Waals surface area contributed by atoms with Crippen LogP contribution in [0.3, 0.4) is 0 Å². The maximum Gasteiger partial charge on any atom is 0.407 e. The lowest BCUT2D eigenvalue weighted by Gasteiger charge is -2.37. The Morgan fingerprint density at radius 2 is 1.70 bits per heavy atom. The van der Waals surface area contributed by atoms with E-state index in [0.717, 1.165) is 19.4 Å². The highest BCUT2D eigenvalue weighted by Crippen LogP contribution is 2.22. The largest absolute Gasteiger partial charge is 0.444 e. The predicted molar refractivity (Wildman–Crippen MR) is 93.7 cm³/mol.